The van der Waals surface area contributed by atoms with E-state index in [4.69, 9.17) is 5.26 Å². The summed E-state index contributed by atoms with van der Waals surface area (Å²) >= 11 is 0. The first kappa shape index (κ1) is 17.7. The minimum absolute atomic E-state index is 0.00973. The standard InChI is InChI=1S/C20H12F2N8/c1-10-18-19(28-27-10)12-7-16(30-6-5-11(8-23)29-30)24-9-15(12)25-20(26-18)17-13(21)3-2-4-14(17)22/h2-7,9H,1H3,(H,25,26)(H,27,28). The first-order chi connectivity index (χ1) is 14.5. The quantitative estimate of drug-likeness (QED) is 0.532. The van der Waals surface area contributed by atoms with Gasteiger partial charge in [-0.25, -0.2) is 23.4 Å². The molecule has 8 nitrogen and oxygen atoms in total. The van der Waals surface area contributed by atoms with Crippen LogP contribution >= 0.6 is 0 Å². The van der Waals surface area contributed by atoms with Crippen LogP contribution in [0, 0.1) is 29.9 Å². The zero-order chi connectivity index (χ0) is 20.8. The van der Waals surface area contributed by atoms with E-state index in [0.717, 1.165) is 0 Å². The lowest BCUT2D eigenvalue weighted by Gasteiger charge is -2.12. The van der Waals surface area contributed by atoms with Gasteiger partial charge in [-0.3, -0.25) is 5.10 Å². The van der Waals surface area contributed by atoms with Crippen LogP contribution in [-0.4, -0.2) is 30.8 Å². The van der Waals surface area contributed by atoms with E-state index in [1.165, 1.54) is 29.1 Å². The molecule has 1 aliphatic heterocycles. The molecule has 0 amide bonds. The molecule has 4 aromatic rings. The van der Waals surface area contributed by atoms with Gasteiger partial charge in [0.1, 0.15) is 29.2 Å². The van der Waals surface area contributed by atoms with E-state index >= 15 is 0 Å². The number of nitrogens with zero attached hydrogens (tertiary/aromatic N) is 6. The Labute approximate surface area is 168 Å². The van der Waals surface area contributed by atoms with Crippen LogP contribution in [0.3, 0.4) is 0 Å². The van der Waals surface area contributed by atoms with E-state index in [2.05, 4.69) is 30.6 Å². The zero-order valence-electron chi connectivity index (χ0n) is 15.5. The van der Waals surface area contributed by atoms with E-state index in [9.17, 15) is 8.78 Å². The molecule has 0 fully saturated rings. The second kappa shape index (κ2) is 6.59. The maximum absolute atomic E-state index is 14.4. The molecule has 0 radical (unpaired) electrons. The first-order valence-corrected chi connectivity index (χ1v) is 8.87. The fourth-order valence-corrected chi connectivity index (χ4v) is 3.25. The van der Waals surface area contributed by atoms with Gasteiger partial charge in [-0.05, 0) is 31.2 Å². The maximum atomic E-state index is 14.4. The Hall–Kier alpha value is -4.39. The molecule has 2 N–H and O–H groups in total. The van der Waals surface area contributed by atoms with Crippen LogP contribution in [0.2, 0.25) is 0 Å². The number of aromatic nitrogens is 5. The Morgan fingerprint density at radius 3 is 2.70 bits per heavy atom. The average Bonchev–Trinajstić information content (AvgIpc) is 3.31. The molecule has 1 aromatic carbocycles. The van der Waals surface area contributed by atoms with Crippen LogP contribution in [0.25, 0.3) is 17.1 Å². The third-order valence-electron chi connectivity index (χ3n) is 4.69. The Morgan fingerprint density at radius 2 is 1.97 bits per heavy atom. The second-order valence-corrected chi connectivity index (χ2v) is 6.56. The van der Waals surface area contributed by atoms with Gasteiger partial charge in [0.05, 0.1) is 28.8 Å². The van der Waals surface area contributed by atoms with Gasteiger partial charge in [0.15, 0.2) is 11.5 Å². The normalized spacial score (nSPS) is 12.3. The molecule has 3 aromatic heterocycles. The number of aryl methyl sites for hydroxylation is 1. The van der Waals surface area contributed by atoms with E-state index in [1.54, 1.807) is 25.3 Å². The summed E-state index contributed by atoms with van der Waals surface area (Å²) in [5, 5.41) is 23.2. The number of nitriles is 1. The van der Waals surface area contributed by atoms with Crippen molar-refractivity contribution in [2.24, 2.45) is 4.99 Å². The van der Waals surface area contributed by atoms with Crippen molar-refractivity contribution in [2.75, 3.05) is 5.32 Å². The maximum Gasteiger partial charge on any atom is 0.162 e. The van der Waals surface area contributed by atoms with Crippen molar-refractivity contribution in [1.82, 2.24) is 25.0 Å². The minimum atomic E-state index is -0.738. The molecule has 0 aliphatic carbocycles. The molecule has 0 spiro atoms. The van der Waals surface area contributed by atoms with Crippen molar-refractivity contribution < 1.29 is 8.78 Å². The number of amidine groups is 1. The molecule has 1 aliphatic rings. The number of aliphatic imine (C=N–C) groups is 1. The van der Waals surface area contributed by atoms with Crippen LogP contribution in [0.1, 0.15) is 17.0 Å². The predicted molar refractivity (Wildman–Crippen MR) is 105 cm³/mol. The van der Waals surface area contributed by atoms with E-state index in [1.807, 2.05) is 6.07 Å². The summed E-state index contributed by atoms with van der Waals surface area (Å²) < 4.78 is 30.3. The SMILES string of the molecule is Cc1n[nH]c2c1N=C(c1c(F)cccc1F)Nc1cnc(-n3ccc(C#N)n3)cc1-2. The van der Waals surface area contributed by atoms with Gasteiger partial charge in [0.25, 0.3) is 0 Å². The Kier molecular flexibility index (Phi) is 3.89. The van der Waals surface area contributed by atoms with E-state index in [-0.39, 0.29) is 17.1 Å². The van der Waals surface area contributed by atoms with Crippen LogP contribution in [0.4, 0.5) is 20.2 Å². The fraction of sp³-hybridized carbons (Fsp3) is 0.0500. The number of pyridine rings is 1. The zero-order valence-corrected chi connectivity index (χ0v) is 15.5. The number of H-pyrrole nitrogens is 1. The number of anilines is 1. The lowest BCUT2D eigenvalue weighted by Crippen LogP contribution is -2.17. The summed E-state index contributed by atoms with van der Waals surface area (Å²) in [4.78, 5) is 8.82. The molecule has 0 unspecified atom stereocenters. The number of halogens is 2. The average molecular weight is 402 g/mol. The van der Waals surface area contributed by atoms with E-state index in [0.29, 0.717) is 34.1 Å². The number of benzene rings is 1. The summed E-state index contributed by atoms with van der Waals surface area (Å²) in [6, 6.07) is 8.89. The largest absolute Gasteiger partial charge is 0.338 e. The van der Waals surface area contributed by atoms with Gasteiger partial charge in [-0.15, -0.1) is 0 Å². The summed E-state index contributed by atoms with van der Waals surface area (Å²) in [6.45, 7) is 1.74. The van der Waals surface area contributed by atoms with Gasteiger partial charge < -0.3 is 5.32 Å². The van der Waals surface area contributed by atoms with Crippen LogP contribution < -0.4 is 5.32 Å². The Bertz CT molecular complexity index is 1360. The molecule has 10 heteroatoms. The van der Waals surface area contributed by atoms with Crippen LogP contribution in [-0.2, 0) is 0 Å². The first-order valence-electron chi connectivity index (χ1n) is 8.87. The number of hydrogen-bond donors (Lipinski definition) is 2. The fourth-order valence-electron chi connectivity index (χ4n) is 3.25. The summed E-state index contributed by atoms with van der Waals surface area (Å²) in [7, 11) is 0. The summed E-state index contributed by atoms with van der Waals surface area (Å²) in [5.41, 5.74) is 2.69. The molecule has 0 saturated carbocycles. The van der Waals surface area contributed by atoms with Crippen molar-refractivity contribution in [3.8, 4) is 23.1 Å². The number of fused-ring (bicyclic) bond motifs is 3. The van der Waals surface area contributed by atoms with Crippen LogP contribution in [0.15, 0.2) is 47.7 Å². The van der Waals surface area contributed by atoms with Crippen molar-refractivity contribution in [3.05, 3.63) is 71.3 Å². The lowest BCUT2D eigenvalue weighted by atomic mass is 10.1. The second-order valence-electron chi connectivity index (χ2n) is 6.56. The topological polar surface area (TPSA) is 108 Å². The Balaban J connectivity index is 1.70. The van der Waals surface area contributed by atoms with Gasteiger partial charge in [0.2, 0.25) is 0 Å². The summed E-state index contributed by atoms with van der Waals surface area (Å²) in [6.07, 6.45) is 3.13. The van der Waals surface area contributed by atoms with E-state index < -0.39 is 11.6 Å². The highest BCUT2D eigenvalue weighted by molar-refractivity contribution is 6.13. The molecular weight excluding hydrogens is 390 g/mol. The minimum Gasteiger partial charge on any atom is -0.338 e. The van der Waals surface area contributed by atoms with Crippen molar-refractivity contribution in [2.45, 2.75) is 6.92 Å². The molecule has 146 valence electrons. The molecule has 30 heavy (non-hydrogen) atoms. The lowest BCUT2D eigenvalue weighted by molar-refractivity contribution is 0.579. The third-order valence-corrected chi connectivity index (χ3v) is 4.69. The molecule has 4 heterocycles. The molecular formula is C20H12F2N8. The van der Waals surface area contributed by atoms with Gasteiger partial charge in [-0.1, -0.05) is 6.07 Å². The monoisotopic (exact) mass is 402 g/mol. The highest BCUT2D eigenvalue weighted by Crippen LogP contribution is 2.39. The van der Waals surface area contributed by atoms with Crippen molar-refractivity contribution >= 4 is 17.2 Å². The van der Waals surface area contributed by atoms with Crippen molar-refractivity contribution in [3.63, 3.8) is 0 Å². The molecule has 0 bridgehead atoms. The van der Waals surface area contributed by atoms with Gasteiger partial charge >= 0.3 is 0 Å². The van der Waals surface area contributed by atoms with Gasteiger partial charge in [0, 0.05) is 11.8 Å². The Morgan fingerprint density at radius 1 is 1.17 bits per heavy atom. The molecule has 0 saturated heterocycles. The highest BCUT2D eigenvalue weighted by atomic mass is 19.1. The highest BCUT2D eigenvalue weighted by Gasteiger charge is 2.25. The number of aromatic amines is 1. The van der Waals surface area contributed by atoms with Crippen molar-refractivity contribution in [1.29, 1.82) is 5.26 Å². The number of nitrogens with one attached hydrogen (secondary N) is 2. The number of hydrogen-bond acceptors (Lipinski definition) is 6. The number of rotatable bonds is 2. The van der Waals surface area contributed by atoms with Gasteiger partial charge in [-0.2, -0.15) is 15.5 Å². The third kappa shape index (κ3) is 2.72. The summed E-state index contributed by atoms with van der Waals surface area (Å²) in [5.74, 6) is -1.01. The predicted octanol–water partition coefficient (Wildman–Crippen LogP) is 3.62. The smallest absolute Gasteiger partial charge is 0.162 e. The van der Waals surface area contributed by atoms with Crippen LogP contribution in [0.5, 0.6) is 0 Å². The molecule has 5 rings (SSSR count). The molecule has 0 atom stereocenters.